The van der Waals surface area contributed by atoms with E-state index in [9.17, 15) is 13.2 Å². The number of amides is 1. The van der Waals surface area contributed by atoms with Gasteiger partial charge in [-0.05, 0) is 43.3 Å². The molecule has 0 aliphatic carbocycles. The maximum absolute atomic E-state index is 12.3. The highest BCUT2D eigenvalue weighted by atomic mass is 32.2. The smallest absolute Gasteiger partial charge is 0.322 e. The molecule has 0 atom stereocenters. The number of furan rings is 1. The summed E-state index contributed by atoms with van der Waals surface area (Å²) in [5.74, 6) is 0.513. The molecule has 154 valence electrons. The van der Waals surface area contributed by atoms with E-state index in [0.29, 0.717) is 23.7 Å². The minimum Gasteiger partial charge on any atom is -0.490 e. The van der Waals surface area contributed by atoms with Crippen molar-refractivity contribution in [3.05, 3.63) is 54.1 Å². The monoisotopic (exact) mass is 427 g/mol. The van der Waals surface area contributed by atoms with Gasteiger partial charge < -0.3 is 13.6 Å². The third kappa shape index (κ3) is 3.90. The molecule has 0 spiro atoms. The first-order valence-corrected chi connectivity index (χ1v) is 10.8. The fraction of sp³-hybridized carbons (Fsp3) is 0.150. The maximum Gasteiger partial charge on any atom is 0.322 e. The van der Waals surface area contributed by atoms with E-state index in [2.05, 4.69) is 15.5 Å². The number of para-hydroxylation sites is 1. The molecule has 0 aliphatic heterocycles. The minimum atomic E-state index is -3.34. The van der Waals surface area contributed by atoms with E-state index in [1.165, 1.54) is 24.3 Å². The van der Waals surface area contributed by atoms with Crippen LogP contribution in [0.4, 0.5) is 6.01 Å². The van der Waals surface area contributed by atoms with E-state index in [1.807, 2.05) is 19.1 Å². The van der Waals surface area contributed by atoms with E-state index in [1.54, 1.807) is 12.1 Å². The van der Waals surface area contributed by atoms with Gasteiger partial charge in [0.2, 0.25) is 0 Å². The Morgan fingerprint density at radius 3 is 2.57 bits per heavy atom. The third-order valence-corrected chi connectivity index (χ3v) is 5.34. The highest BCUT2D eigenvalue weighted by molar-refractivity contribution is 7.90. The lowest BCUT2D eigenvalue weighted by Gasteiger charge is -2.02. The molecule has 0 aliphatic rings. The molecule has 9 nitrogen and oxygen atoms in total. The lowest BCUT2D eigenvalue weighted by atomic mass is 10.2. The topological polar surface area (TPSA) is 125 Å². The van der Waals surface area contributed by atoms with Gasteiger partial charge in [0.15, 0.2) is 26.9 Å². The molecule has 2 heterocycles. The van der Waals surface area contributed by atoms with E-state index < -0.39 is 15.7 Å². The second-order valence-electron chi connectivity index (χ2n) is 6.38. The van der Waals surface area contributed by atoms with Gasteiger partial charge in [0.1, 0.15) is 0 Å². The molecule has 0 saturated heterocycles. The van der Waals surface area contributed by atoms with Crippen LogP contribution in [0.3, 0.4) is 0 Å². The van der Waals surface area contributed by atoms with Gasteiger partial charge >= 0.3 is 6.01 Å². The Bertz CT molecular complexity index is 1320. The number of fused-ring (bicyclic) bond motifs is 1. The number of nitrogens with zero attached hydrogens (tertiary/aromatic N) is 2. The maximum atomic E-state index is 12.3. The molecule has 4 aromatic rings. The third-order valence-electron chi connectivity index (χ3n) is 4.21. The molecule has 0 fully saturated rings. The average Bonchev–Trinajstić information content (AvgIpc) is 3.35. The summed E-state index contributed by atoms with van der Waals surface area (Å²) in [6, 6.07) is 12.6. The first-order valence-electron chi connectivity index (χ1n) is 8.96. The van der Waals surface area contributed by atoms with Crippen LogP contribution in [0, 0.1) is 0 Å². The summed E-state index contributed by atoms with van der Waals surface area (Å²) >= 11 is 0. The molecule has 10 heteroatoms. The summed E-state index contributed by atoms with van der Waals surface area (Å²) in [4.78, 5) is 12.5. The van der Waals surface area contributed by atoms with Crippen LogP contribution in [-0.2, 0) is 9.84 Å². The Balaban J connectivity index is 1.54. The lowest BCUT2D eigenvalue weighted by molar-refractivity contribution is 0.102. The summed E-state index contributed by atoms with van der Waals surface area (Å²) in [5, 5.41) is 11.0. The SMILES string of the molecule is CCOc1cccc2cc(-c3nnc(NC(=O)c4ccc(S(C)(=O)=O)cc4)o3)oc12. The molecular formula is C20H17N3O6S. The number of carbonyl (C=O) groups is 1. The molecule has 1 amide bonds. The van der Waals surface area contributed by atoms with Gasteiger partial charge in [-0.2, -0.15) is 0 Å². The van der Waals surface area contributed by atoms with Crippen LogP contribution < -0.4 is 10.1 Å². The number of hydrogen-bond donors (Lipinski definition) is 1. The fourth-order valence-electron chi connectivity index (χ4n) is 2.81. The Morgan fingerprint density at radius 1 is 1.10 bits per heavy atom. The van der Waals surface area contributed by atoms with Crippen molar-refractivity contribution < 1.29 is 26.8 Å². The number of benzene rings is 2. The first kappa shape index (κ1) is 19.6. The molecule has 2 aromatic heterocycles. The molecule has 0 radical (unpaired) electrons. The van der Waals surface area contributed by atoms with Crippen molar-refractivity contribution in [2.75, 3.05) is 18.2 Å². The number of ether oxygens (including phenoxy) is 1. The van der Waals surface area contributed by atoms with Crippen molar-refractivity contribution in [1.29, 1.82) is 0 Å². The predicted molar refractivity (Wildman–Crippen MR) is 108 cm³/mol. The molecule has 0 saturated carbocycles. The normalized spacial score (nSPS) is 11.5. The van der Waals surface area contributed by atoms with Crippen molar-refractivity contribution in [1.82, 2.24) is 10.2 Å². The number of aromatic nitrogens is 2. The summed E-state index contributed by atoms with van der Waals surface area (Å²) in [7, 11) is -3.34. The van der Waals surface area contributed by atoms with Crippen LogP contribution in [0.25, 0.3) is 22.6 Å². The quantitative estimate of drug-likeness (QED) is 0.495. The number of rotatable bonds is 6. The Morgan fingerprint density at radius 2 is 1.87 bits per heavy atom. The zero-order chi connectivity index (χ0) is 21.3. The fourth-order valence-corrected chi connectivity index (χ4v) is 3.44. The summed E-state index contributed by atoms with van der Waals surface area (Å²) < 4.78 is 39.9. The van der Waals surface area contributed by atoms with Crippen LogP contribution >= 0.6 is 0 Å². The van der Waals surface area contributed by atoms with Gasteiger partial charge in [-0.25, -0.2) is 8.42 Å². The highest BCUT2D eigenvalue weighted by Crippen LogP contribution is 2.33. The van der Waals surface area contributed by atoms with Crippen molar-refractivity contribution in [2.24, 2.45) is 0 Å². The molecule has 30 heavy (non-hydrogen) atoms. The summed E-state index contributed by atoms with van der Waals surface area (Å²) in [5.41, 5.74) is 0.802. The molecule has 2 aromatic carbocycles. The largest absolute Gasteiger partial charge is 0.490 e. The van der Waals surface area contributed by atoms with Crippen LogP contribution in [0.15, 0.2) is 62.3 Å². The summed E-state index contributed by atoms with van der Waals surface area (Å²) in [6.07, 6.45) is 1.09. The Labute approximate surface area is 171 Å². The van der Waals surface area contributed by atoms with Gasteiger partial charge in [-0.15, -0.1) is 5.10 Å². The summed E-state index contributed by atoms with van der Waals surface area (Å²) in [6.45, 7) is 2.38. The Hall–Kier alpha value is -3.66. The predicted octanol–water partition coefficient (Wildman–Crippen LogP) is 3.54. The molecular weight excluding hydrogens is 410 g/mol. The second-order valence-corrected chi connectivity index (χ2v) is 8.40. The number of sulfone groups is 1. The first-order chi connectivity index (χ1) is 14.3. The zero-order valence-corrected chi connectivity index (χ0v) is 16.9. The Kier molecular flexibility index (Phi) is 5.00. The van der Waals surface area contributed by atoms with Gasteiger partial charge in [0.25, 0.3) is 11.8 Å². The number of hydrogen-bond acceptors (Lipinski definition) is 8. The zero-order valence-electron chi connectivity index (χ0n) is 16.1. The van der Waals surface area contributed by atoms with E-state index in [0.717, 1.165) is 11.6 Å². The molecule has 1 N–H and O–H groups in total. The van der Waals surface area contributed by atoms with Crippen molar-refractivity contribution >= 4 is 32.7 Å². The van der Waals surface area contributed by atoms with Gasteiger partial charge in [0, 0.05) is 17.2 Å². The van der Waals surface area contributed by atoms with Gasteiger partial charge in [-0.3, -0.25) is 10.1 Å². The van der Waals surface area contributed by atoms with Crippen LogP contribution in [0.2, 0.25) is 0 Å². The van der Waals surface area contributed by atoms with Crippen LogP contribution in [-0.4, -0.2) is 37.4 Å². The second kappa shape index (κ2) is 7.64. The van der Waals surface area contributed by atoms with Crippen molar-refractivity contribution in [3.63, 3.8) is 0 Å². The van der Waals surface area contributed by atoms with Crippen LogP contribution in [0.5, 0.6) is 5.75 Å². The minimum absolute atomic E-state index is 0.0939. The highest BCUT2D eigenvalue weighted by Gasteiger charge is 2.18. The van der Waals surface area contributed by atoms with Gasteiger partial charge in [-0.1, -0.05) is 17.2 Å². The van der Waals surface area contributed by atoms with Crippen molar-refractivity contribution in [2.45, 2.75) is 11.8 Å². The van der Waals surface area contributed by atoms with Crippen LogP contribution in [0.1, 0.15) is 17.3 Å². The van der Waals surface area contributed by atoms with Gasteiger partial charge in [0.05, 0.1) is 11.5 Å². The molecule has 0 unspecified atom stereocenters. The number of anilines is 1. The number of carbonyl (C=O) groups excluding carboxylic acids is 1. The number of nitrogens with one attached hydrogen (secondary N) is 1. The average molecular weight is 427 g/mol. The lowest BCUT2D eigenvalue weighted by Crippen LogP contribution is -2.12. The standard InChI is InChI=1S/C20H17N3O6S/c1-3-27-15-6-4-5-13-11-16(28-17(13)15)19-22-23-20(29-19)21-18(24)12-7-9-14(10-8-12)30(2,25)26/h4-11H,3H2,1-2H3,(H,21,23,24). The van der Waals surface area contributed by atoms with Crippen molar-refractivity contribution in [3.8, 4) is 17.4 Å². The molecule has 4 rings (SSSR count). The van der Waals surface area contributed by atoms with E-state index in [4.69, 9.17) is 13.6 Å². The van der Waals surface area contributed by atoms with E-state index >= 15 is 0 Å². The molecule has 0 bridgehead atoms. The van der Waals surface area contributed by atoms with E-state index in [-0.39, 0.29) is 22.4 Å².